The van der Waals surface area contributed by atoms with Crippen LogP contribution in [0.2, 0.25) is 0 Å². The number of nitrogens with one attached hydrogen (secondary N) is 1. The zero-order valence-corrected chi connectivity index (χ0v) is 18.5. The summed E-state index contributed by atoms with van der Waals surface area (Å²) >= 11 is 1.64. The number of halogens is 1. The van der Waals surface area contributed by atoms with Gasteiger partial charge in [-0.15, -0.1) is 11.3 Å². The normalized spacial score (nSPS) is 23.5. The number of esters is 1. The van der Waals surface area contributed by atoms with Gasteiger partial charge in [0.05, 0.1) is 6.61 Å². The number of allylic oxidation sites excluding steroid dienone is 2. The third-order valence-corrected chi connectivity index (χ3v) is 6.86. The van der Waals surface area contributed by atoms with Crippen molar-refractivity contribution in [2.24, 2.45) is 11.8 Å². The first-order valence-corrected chi connectivity index (χ1v) is 11.4. The van der Waals surface area contributed by atoms with Crippen LogP contribution in [0.1, 0.15) is 49.0 Å². The standard InChI is InChI=1S/C25H26FNO3S/c1-14(2)13-30-25(29)22-15(3)27-19-11-17(21-5-4-10-31-21)12-20(28)24(19)23(22)16-6-8-18(26)9-7-16/h4-10,14,17,22-23,27H,3,11-13H2,1-2H3. The fourth-order valence-electron chi connectivity index (χ4n) is 4.42. The first-order valence-electron chi connectivity index (χ1n) is 10.5. The SMILES string of the molecule is C=C1NC2=C(C(=O)CC(c3cccs3)C2)C(c2ccc(F)cc2)C1C(=O)OCC(C)C. The van der Waals surface area contributed by atoms with Gasteiger partial charge in [0.15, 0.2) is 5.78 Å². The van der Waals surface area contributed by atoms with Gasteiger partial charge in [0, 0.05) is 40.1 Å². The van der Waals surface area contributed by atoms with Crippen molar-refractivity contribution in [1.29, 1.82) is 0 Å². The maximum atomic E-state index is 13.6. The van der Waals surface area contributed by atoms with Crippen LogP contribution in [-0.2, 0) is 14.3 Å². The number of ketones is 1. The molecule has 3 unspecified atom stereocenters. The summed E-state index contributed by atoms with van der Waals surface area (Å²) in [6.45, 7) is 8.34. The first-order chi connectivity index (χ1) is 14.8. The largest absolute Gasteiger partial charge is 0.465 e. The van der Waals surface area contributed by atoms with Crippen LogP contribution in [-0.4, -0.2) is 18.4 Å². The Morgan fingerprint density at radius 3 is 2.65 bits per heavy atom. The molecule has 2 aromatic rings. The molecule has 1 aromatic heterocycles. The molecule has 0 amide bonds. The van der Waals surface area contributed by atoms with Gasteiger partial charge in [-0.25, -0.2) is 4.39 Å². The summed E-state index contributed by atoms with van der Waals surface area (Å²) in [4.78, 5) is 27.6. The van der Waals surface area contributed by atoms with Crippen molar-refractivity contribution in [2.75, 3.05) is 6.61 Å². The van der Waals surface area contributed by atoms with Gasteiger partial charge in [0.2, 0.25) is 0 Å². The molecule has 2 aliphatic rings. The van der Waals surface area contributed by atoms with Gasteiger partial charge in [-0.2, -0.15) is 0 Å². The summed E-state index contributed by atoms with van der Waals surface area (Å²) in [5.74, 6) is -1.76. The smallest absolute Gasteiger partial charge is 0.315 e. The lowest BCUT2D eigenvalue weighted by atomic mass is 9.69. The molecule has 162 valence electrons. The van der Waals surface area contributed by atoms with Gasteiger partial charge in [-0.05, 0) is 41.5 Å². The van der Waals surface area contributed by atoms with E-state index in [1.165, 1.54) is 17.0 Å². The minimum Gasteiger partial charge on any atom is -0.465 e. The maximum Gasteiger partial charge on any atom is 0.315 e. The average molecular weight is 440 g/mol. The summed E-state index contributed by atoms with van der Waals surface area (Å²) in [7, 11) is 0. The molecule has 2 heterocycles. The van der Waals surface area contributed by atoms with Gasteiger partial charge in [0.25, 0.3) is 0 Å². The van der Waals surface area contributed by atoms with Crippen molar-refractivity contribution >= 4 is 23.1 Å². The molecular weight excluding hydrogens is 413 g/mol. The Balaban J connectivity index is 1.75. The number of hydrogen-bond donors (Lipinski definition) is 1. The minimum atomic E-state index is -0.745. The van der Waals surface area contributed by atoms with E-state index in [0.29, 0.717) is 36.3 Å². The fraction of sp³-hybridized carbons (Fsp3) is 0.360. The highest BCUT2D eigenvalue weighted by atomic mass is 32.1. The van der Waals surface area contributed by atoms with E-state index in [1.54, 1.807) is 23.5 Å². The average Bonchev–Trinajstić information content (AvgIpc) is 3.26. The van der Waals surface area contributed by atoms with Crippen molar-refractivity contribution in [3.63, 3.8) is 0 Å². The summed E-state index contributed by atoms with van der Waals surface area (Å²) < 4.78 is 19.2. The van der Waals surface area contributed by atoms with E-state index >= 15 is 0 Å². The van der Waals surface area contributed by atoms with Crippen molar-refractivity contribution in [3.8, 4) is 0 Å². The quantitative estimate of drug-likeness (QED) is 0.642. The van der Waals surface area contributed by atoms with Gasteiger partial charge in [-0.3, -0.25) is 9.59 Å². The van der Waals surface area contributed by atoms with E-state index in [2.05, 4.69) is 18.0 Å². The van der Waals surface area contributed by atoms with E-state index in [-0.39, 0.29) is 23.4 Å². The molecule has 1 aromatic carbocycles. The van der Waals surface area contributed by atoms with Gasteiger partial charge in [0.1, 0.15) is 11.7 Å². The number of hydrogen-bond acceptors (Lipinski definition) is 5. The lowest BCUT2D eigenvalue weighted by molar-refractivity contribution is -0.149. The van der Waals surface area contributed by atoms with Crippen molar-refractivity contribution in [2.45, 2.75) is 38.5 Å². The van der Waals surface area contributed by atoms with Crippen LogP contribution in [0.3, 0.4) is 0 Å². The predicted octanol–water partition coefficient (Wildman–Crippen LogP) is 5.30. The molecule has 0 bridgehead atoms. The van der Waals surface area contributed by atoms with Crippen LogP contribution in [0.15, 0.2) is 65.3 Å². The first kappa shape index (κ1) is 21.5. The Bertz CT molecular complexity index is 1020. The molecule has 0 saturated heterocycles. The molecule has 4 nitrogen and oxygen atoms in total. The van der Waals surface area contributed by atoms with Crippen LogP contribution < -0.4 is 5.32 Å². The maximum absolute atomic E-state index is 13.6. The van der Waals surface area contributed by atoms with Crippen LogP contribution in [0.25, 0.3) is 0 Å². The summed E-state index contributed by atoms with van der Waals surface area (Å²) in [5, 5.41) is 5.28. The third-order valence-electron chi connectivity index (χ3n) is 5.83. The molecule has 3 atom stereocenters. The van der Waals surface area contributed by atoms with Crippen molar-refractivity contribution in [3.05, 3.63) is 81.6 Å². The summed E-state index contributed by atoms with van der Waals surface area (Å²) in [6, 6.07) is 10.0. The highest BCUT2D eigenvalue weighted by molar-refractivity contribution is 7.10. The molecule has 0 radical (unpaired) electrons. The Morgan fingerprint density at radius 1 is 1.26 bits per heavy atom. The van der Waals surface area contributed by atoms with E-state index in [9.17, 15) is 14.0 Å². The fourth-order valence-corrected chi connectivity index (χ4v) is 5.25. The lowest BCUT2D eigenvalue weighted by Crippen LogP contribution is -2.42. The zero-order valence-electron chi connectivity index (χ0n) is 17.7. The van der Waals surface area contributed by atoms with Crippen LogP contribution in [0.4, 0.5) is 4.39 Å². The highest BCUT2D eigenvalue weighted by Crippen LogP contribution is 2.47. The molecule has 0 saturated carbocycles. The third kappa shape index (κ3) is 4.35. The number of ether oxygens (including phenoxy) is 1. The summed E-state index contributed by atoms with van der Waals surface area (Å²) in [6.07, 6.45) is 1.06. The van der Waals surface area contributed by atoms with Crippen LogP contribution in [0, 0.1) is 17.7 Å². The summed E-state index contributed by atoms with van der Waals surface area (Å²) in [5.41, 5.74) is 2.63. The van der Waals surface area contributed by atoms with Crippen LogP contribution >= 0.6 is 11.3 Å². The number of Topliss-reactive ketones (excluding diaryl/α,β-unsaturated/α-hetero) is 1. The molecular formula is C25H26FNO3S. The van der Waals surface area contributed by atoms with Gasteiger partial charge in [-0.1, -0.05) is 38.6 Å². The molecule has 0 spiro atoms. The number of rotatable bonds is 5. The molecule has 31 heavy (non-hydrogen) atoms. The number of carbonyl (C=O) groups excluding carboxylic acids is 2. The van der Waals surface area contributed by atoms with E-state index in [1.807, 2.05) is 25.3 Å². The second kappa shape index (κ2) is 8.79. The van der Waals surface area contributed by atoms with Gasteiger partial charge >= 0.3 is 5.97 Å². The van der Waals surface area contributed by atoms with E-state index in [0.717, 1.165) is 5.70 Å². The van der Waals surface area contributed by atoms with Crippen molar-refractivity contribution in [1.82, 2.24) is 5.32 Å². The Kier molecular flexibility index (Phi) is 6.10. The molecule has 1 aliphatic heterocycles. The molecule has 4 rings (SSSR count). The van der Waals surface area contributed by atoms with Crippen LogP contribution in [0.5, 0.6) is 0 Å². The number of benzene rings is 1. The molecule has 1 aliphatic carbocycles. The van der Waals surface area contributed by atoms with Gasteiger partial charge < -0.3 is 10.1 Å². The highest BCUT2D eigenvalue weighted by Gasteiger charge is 2.45. The van der Waals surface area contributed by atoms with E-state index in [4.69, 9.17) is 4.74 Å². The van der Waals surface area contributed by atoms with E-state index < -0.39 is 17.8 Å². The second-order valence-corrected chi connectivity index (χ2v) is 9.60. The Morgan fingerprint density at radius 2 is 2.00 bits per heavy atom. The molecule has 0 fully saturated rings. The Hall–Kier alpha value is -2.73. The minimum absolute atomic E-state index is 0.00985. The lowest BCUT2D eigenvalue weighted by Gasteiger charge is -2.40. The molecule has 1 N–H and O–H groups in total. The second-order valence-electron chi connectivity index (χ2n) is 8.62. The van der Waals surface area contributed by atoms with Crippen molar-refractivity contribution < 1.29 is 18.7 Å². The topological polar surface area (TPSA) is 55.4 Å². The molecule has 6 heteroatoms. The number of thiophene rings is 1. The zero-order chi connectivity index (χ0) is 22.1. The number of carbonyl (C=O) groups is 2. The monoisotopic (exact) mass is 439 g/mol. The Labute approximate surface area is 185 Å². The predicted molar refractivity (Wildman–Crippen MR) is 119 cm³/mol.